The summed E-state index contributed by atoms with van der Waals surface area (Å²) in [5, 5.41) is 13.5. The van der Waals surface area contributed by atoms with Crippen LogP contribution in [0.3, 0.4) is 0 Å². The van der Waals surface area contributed by atoms with Crippen LogP contribution in [0.4, 0.5) is 0 Å². The average molecular weight is 328 g/mol. The number of fused-ring (bicyclic) bond motifs is 1. The molecule has 23 heavy (non-hydrogen) atoms. The van der Waals surface area contributed by atoms with E-state index >= 15 is 0 Å². The summed E-state index contributed by atoms with van der Waals surface area (Å²) >= 11 is 1.33. The Hall–Kier alpha value is -2.41. The number of benzene rings is 1. The summed E-state index contributed by atoms with van der Waals surface area (Å²) < 4.78 is 6.80. The van der Waals surface area contributed by atoms with Crippen LogP contribution in [0.25, 0.3) is 17.0 Å². The number of aromatic nitrogens is 4. The van der Waals surface area contributed by atoms with Gasteiger partial charge in [0, 0.05) is 5.56 Å². The topological polar surface area (TPSA) is 69.4 Å². The molecule has 6 nitrogen and oxygen atoms in total. The van der Waals surface area contributed by atoms with Gasteiger partial charge < -0.3 is 4.74 Å². The van der Waals surface area contributed by atoms with Gasteiger partial charge in [-0.05, 0) is 26.0 Å². The number of ether oxygens (including phenoxy) is 1. The molecule has 0 fully saturated rings. The van der Waals surface area contributed by atoms with Crippen molar-refractivity contribution in [3.05, 3.63) is 42.5 Å². The molecule has 118 valence electrons. The van der Waals surface area contributed by atoms with Gasteiger partial charge in [-0.3, -0.25) is 4.79 Å². The third kappa shape index (κ3) is 3.68. The highest BCUT2D eigenvalue weighted by Gasteiger charge is 2.11. The Morgan fingerprint density at radius 1 is 1.17 bits per heavy atom. The molecule has 0 aliphatic carbocycles. The van der Waals surface area contributed by atoms with Crippen molar-refractivity contribution in [1.82, 2.24) is 19.8 Å². The first-order valence-electron chi connectivity index (χ1n) is 7.23. The first-order valence-corrected chi connectivity index (χ1v) is 8.22. The van der Waals surface area contributed by atoms with Gasteiger partial charge in [0.25, 0.3) is 0 Å². The molecule has 2 heterocycles. The molecule has 0 saturated heterocycles. The van der Waals surface area contributed by atoms with Crippen molar-refractivity contribution in [1.29, 1.82) is 0 Å². The fraction of sp³-hybridized carbons (Fsp3) is 0.250. The van der Waals surface area contributed by atoms with Crippen molar-refractivity contribution in [3.8, 4) is 11.4 Å². The lowest BCUT2D eigenvalue weighted by Gasteiger charge is -2.07. The minimum atomic E-state index is -0.251. The summed E-state index contributed by atoms with van der Waals surface area (Å²) in [6, 6.07) is 13.4. The third-order valence-electron chi connectivity index (χ3n) is 2.98. The first-order chi connectivity index (χ1) is 11.1. The zero-order valence-corrected chi connectivity index (χ0v) is 13.7. The molecule has 0 unspecified atom stereocenters. The van der Waals surface area contributed by atoms with E-state index in [2.05, 4.69) is 15.3 Å². The molecule has 0 spiro atoms. The number of hydrogen-bond donors (Lipinski definition) is 0. The number of carbonyl (C=O) groups is 1. The summed E-state index contributed by atoms with van der Waals surface area (Å²) in [6.07, 6.45) is -0.110. The quantitative estimate of drug-likeness (QED) is 0.530. The fourth-order valence-electron chi connectivity index (χ4n) is 2.05. The Morgan fingerprint density at radius 3 is 2.70 bits per heavy atom. The van der Waals surface area contributed by atoms with E-state index in [4.69, 9.17) is 4.74 Å². The van der Waals surface area contributed by atoms with Gasteiger partial charge >= 0.3 is 5.97 Å². The van der Waals surface area contributed by atoms with E-state index in [0.29, 0.717) is 11.5 Å². The second-order valence-electron chi connectivity index (χ2n) is 5.16. The van der Waals surface area contributed by atoms with Gasteiger partial charge in [-0.1, -0.05) is 42.1 Å². The maximum Gasteiger partial charge on any atom is 0.316 e. The lowest BCUT2D eigenvalue weighted by Crippen LogP contribution is -2.13. The molecule has 3 aromatic rings. The van der Waals surface area contributed by atoms with E-state index in [-0.39, 0.29) is 17.8 Å². The smallest absolute Gasteiger partial charge is 0.316 e. The Balaban J connectivity index is 1.82. The monoisotopic (exact) mass is 328 g/mol. The minimum Gasteiger partial charge on any atom is -0.462 e. The molecular weight excluding hydrogens is 312 g/mol. The molecule has 0 bridgehead atoms. The molecule has 0 atom stereocenters. The number of thioether (sulfide) groups is 1. The molecule has 0 radical (unpaired) electrons. The predicted molar refractivity (Wildman–Crippen MR) is 88.2 cm³/mol. The molecule has 0 aliphatic rings. The first kappa shape index (κ1) is 15.5. The molecule has 3 rings (SSSR count). The summed E-state index contributed by atoms with van der Waals surface area (Å²) in [5.74, 6) is 0.645. The van der Waals surface area contributed by atoms with E-state index in [1.165, 1.54) is 11.8 Å². The third-order valence-corrected chi connectivity index (χ3v) is 3.87. The second kappa shape index (κ2) is 6.78. The normalized spacial score (nSPS) is 11.1. The lowest BCUT2D eigenvalue weighted by atomic mass is 10.2. The molecule has 0 amide bonds. The van der Waals surface area contributed by atoms with Crippen molar-refractivity contribution in [3.63, 3.8) is 0 Å². The summed E-state index contributed by atoms with van der Waals surface area (Å²) in [4.78, 5) is 11.6. The zero-order valence-electron chi connectivity index (χ0n) is 12.8. The predicted octanol–water partition coefficient (Wildman–Crippen LogP) is 2.84. The van der Waals surface area contributed by atoms with Crippen LogP contribution in [0.2, 0.25) is 0 Å². The fourth-order valence-corrected chi connectivity index (χ4v) is 2.68. The molecular formula is C16H16N4O2S. The van der Waals surface area contributed by atoms with Crippen molar-refractivity contribution in [2.75, 3.05) is 5.75 Å². The van der Waals surface area contributed by atoms with Gasteiger partial charge in [-0.2, -0.15) is 9.61 Å². The Bertz CT molecular complexity index is 817. The van der Waals surface area contributed by atoms with E-state index in [1.54, 1.807) is 4.52 Å². The van der Waals surface area contributed by atoms with Gasteiger partial charge in [0.1, 0.15) is 5.03 Å². The van der Waals surface area contributed by atoms with E-state index < -0.39 is 0 Å². The van der Waals surface area contributed by atoms with E-state index in [9.17, 15) is 4.79 Å². The molecule has 0 saturated carbocycles. The largest absolute Gasteiger partial charge is 0.462 e. The van der Waals surface area contributed by atoms with Crippen LogP contribution in [-0.2, 0) is 9.53 Å². The average Bonchev–Trinajstić information content (AvgIpc) is 2.96. The summed E-state index contributed by atoms with van der Waals surface area (Å²) in [7, 11) is 0. The molecule has 1 aromatic carbocycles. The number of hydrogen-bond acceptors (Lipinski definition) is 6. The van der Waals surface area contributed by atoms with Crippen molar-refractivity contribution in [2.24, 2.45) is 0 Å². The van der Waals surface area contributed by atoms with Crippen LogP contribution in [0.5, 0.6) is 0 Å². The Labute approximate surface area is 137 Å². The maximum absolute atomic E-state index is 11.6. The van der Waals surface area contributed by atoms with Crippen LogP contribution in [0.1, 0.15) is 13.8 Å². The summed E-state index contributed by atoms with van der Waals surface area (Å²) in [5.41, 5.74) is 1.60. The van der Waals surface area contributed by atoms with E-state index in [0.717, 1.165) is 10.6 Å². The Kier molecular flexibility index (Phi) is 4.57. The number of rotatable bonds is 5. The van der Waals surface area contributed by atoms with Crippen molar-refractivity contribution in [2.45, 2.75) is 25.0 Å². The van der Waals surface area contributed by atoms with Crippen LogP contribution in [0, 0.1) is 0 Å². The molecule has 0 aliphatic heterocycles. The highest BCUT2D eigenvalue weighted by molar-refractivity contribution is 7.99. The highest BCUT2D eigenvalue weighted by Crippen LogP contribution is 2.20. The molecule has 0 N–H and O–H groups in total. The van der Waals surface area contributed by atoms with Crippen LogP contribution in [-0.4, -0.2) is 37.6 Å². The number of esters is 1. The van der Waals surface area contributed by atoms with E-state index in [1.807, 2.05) is 56.3 Å². The minimum absolute atomic E-state index is 0.110. The highest BCUT2D eigenvalue weighted by atomic mass is 32.2. The number of carbonyl (C=O) groups excluding carboxylic acids is 1. The second-order valence-corrected chi connectivity index (χ2v) is 6.15. The van der Waals surface area contributed by atoms with Gasteiger partial charge in [0.2, 0.25) is 0 Å². The van der Waals surface area contributed by atoms with Crippen LogP contribution >= 0.6 is 11.8 Å². The van der Waals surface area contributed by atoms with Gasteiger partial charge in [-0.15, -0.1) is 10.2 Å². The molecule has 2 aromatic heterocycles. The zero-order chi connectivity index (χ0) is 16.2. The van der Waals surface area contributed by atoms with Crippen molar-refractivity contribution < 1.29 is 9.53 Å². The van der Waals surface area contributed by atoms with Gasteiger partial charge in [0.15, 0.2) is 11.5 Å². The van der Waals surface area contributed by atoms with Crippen molar-refractivity contribution >= 4 is 23.4 Å². The van der Waals surface area contributed by atoms with Gasteiger partial charge in [0.05, 0.1) is 11.9 Å². The molecule has 7 heteroatoms. The standard InChI is InChI=1S/C16H16N4O2S/c1-11(2)22-15(21)10-23-14-9-8-13-17-18-16(20(13)19-14)12-6-4-3-5-7-12/h3-9,11H,10H2,1-2H3. The maximum atomic E-state index is 11.6. The Morgan fingerprint density at radius 2 is 1.96 bits per heavy atom. The van der Waals surface area contributed by atoms with Crippen LogP contribution < -0.4 is 0 Å². The summed E-state index contributed by atoms with van der Waals surface area (Å²) in [6.45, 7) is 3.66. The SMILES string of the molecule is CC(C)OC(=O)CSc1ccc2nnc(-c3ccccc3)n2n1. The van der Waals surface area contributed by atoms with Gasteiger partial charge in [-0.25, -0.2) is 0 Å². The van der Waals surface area contributed by atoms with Crippen LogP contribution in [0.15, 0.2) is 47.5 Å². The number of nitrogens with zero attached hydrogens (tertiary/aromatic N) is 4. The lowest BCUT2D eigenvalue weighted by molar-refractivity contribution is -0.144.